The molecule has 0 aromatic carbocycles. The number of pyridine rings is 1. The first-order valence-electron chi connectivity index (χ1n) is 9.47. The van der Waals surface area contributed by atoms with Crippen LogP contribution in [-0.4, -0.2) is 73.4 Å². The molecular formula is C19H22ClFN6O2. The number of hydrogen-bond acceptors (Lipinski definition) is 7. The van der Waals surface area contributed by atoms with Crippen LogP contribution in [0.4, 0.5) is 10.2 Å². The van der Waals surface area contributed by atoms with Crippen LogP contribution < -0.4 is 5.32 Å². The lowest BCUT2D eigenvalue weighted by atomic mass is 10.1. The monoisotopic (exact) mass is 420 g/mol. The number of halogens is 2. The van der Waals surface area contributed by atoms with Crippen LogP contribution in [0.5, 0.6) is 0 Å². The number of nitrogens with zero attached hydrogens (tertiary/aromatic N) is 4. The fourth-order valence-electron chi connectivity index (χ4n) is 3.65. The zero-order valence-corrected chi connectivity index (χ0v) is 16.4. The van der Waals surface area contributed by atoms with E-state index in [9.17, 15) is 9.50 Å². The highest BCUT2D eigenvalue weighted by Gasteiger charge is 2.23. The van der Waals surface area contributed by atoms with Crippen molar-refractivity contribution in [2.24, 2.45) is 0 Å². The molecule has 1 fully saturated rings. The summed E-state index contributed by atoms with van der Waals surface area (Å²) in [5.74, 6) is -0.0289. The third-order valence-electron chi connectivity index (χ3n) is 5.01. The summed E-state index contributed by atoms with van der Waals surface area (Å²) >= 11 is 6.05. The number of nitrogens with one attached hydrogen (secondary N) is 2. The van der Waals surface area contributed by atoms with Crippen molar-refractivity contribution in [2.45, 2.75) is 25.0 Å². The SMILES string of the molecule is OC[C@H](O)CN1CCCC(Nc2nc(-c3c[nH]c4ncc(Cl)cc34)ncc2F)C1. The van der Waals surface area contributed by atoms with Crippen molar-refractivity contribution in [3.05, 3.63) is 35.5 Å². The van der Waals surface area contributed by atoms with Crippen molar-refractivity contribution < 1.29 is 14.6 Å². The highest BCUT2D eigenvalue weighted by molar-refractivity contribution is 6.31. The molecule has 0 bridgehead atoms. The summed E-state index contributed by atoms with van der Waals surface area (Å²) in [7, 11) is 0. The van der Waals surface area contributed by atoms with Gasteiger partial charge in [-0.15, -0.1) is 0 Å². The van der Waals surface area contributed by atoms with Gasteiger partial charge >= 0.3 is 0 Å². The number of β-amino-alcohol motifs (C(OH)–C–C–N with tert-alkyl or cyclic N) is 1. The second-order valence-electron chi connectivity index (χ2n) is 7.22. The molecule has 2 atom stereocenters. The molecule has 0 spiro atoms. The van der Waals surface area contributed by atoms with Crippen LogP contribution in [-0.2, 0) is 0 Å². The van der Waals surface area contributed by atoms with Crippen LogP contribution in [0.25, 0.3) is 22.4 Å². The maximum Gasteiger partial charge on any atom is 0.183 e. The van der Waals surface area contributed by atoms with E-state index in [0.717, 1.165) is 31.0 Å². The van der Waals surface area contributed by atoms with Crippen LogP contribution >= 0.6 is 11.6 Å². The van der Waals surface area contributed by atoms with E-state index in [-0.39, 0.29) is 18.5 Å². The first kappa shape index (κ1) is 20.0. The Labute approximate surface area is 171 Å². The Morgan fingerprint density at radius 3 is 3.07 bits per heavy atom. The fraction of sp³-hybridized carbons (Fsp3) is 0.421. The summed E-state index contributed by atoms with van der Waals surface area (Å²) in [5.41, 5.74) is 1.34. The molecule has 8 nitrogen and oxygen atoms in total. The molecular weight excluding hydrogens is 399 g/mol. The molecule has 0 amide bonds. The first-order valence-corrected chi connectivity index (χ1v) is 9.84. The molecule has 4 heterocycles. The molecule has 0 saturated carbocycles. The second kappa shape index (κ2) is 8.58. The fourth-order valence-corrected chi connectivity index (χ4v) is 3.81. The van der Waals surface area contributed by atoms with Gasteiger partial charge in [0.2, 0.25) is 0 Å². The highest BCUT2D eigenvalue weighted by atomic mass is 35.5. The molecule has 1 aliphatic rings. The number of likely N-dealkylation sites (tertiary alicyclic amines) is 1. The number of fused-ring (bicyclic) bond motifs is 1. The van der Waals surface area contributed by atoms with Gasteiger partial charge in [-0.25, -0.2) is 19.3 Å². The van der Waals surface area contributed by atoms with Crippen molar-refractivity contribution in [3.8, 4) is 11.4 Å². The van der Waals surface area contributed by atoms with Gasteiger partial charge in [-0.3, -0.25) is 4.90 Å². The number of rotatable bonds is 6. The van der Waals surface area contributed by atoms with Gasteiger partial charge in [0.25, 0.3) is 0 Å². The van der Waals surface area contributed by atoms with E-state index in [1.165, 1.54) is 0 Å². The number of hydrogen-bond donors (Lipinski definition) is 4. The standard InChI is InChI=1S/C19H22ClFN6O2/c20-11-4-14-15(6-23-17(14)22-5-11)18-24-7-16(21)19(26-18)25-12-2-1-3-27(8-12)9-13(29)10-28/h4-7,12-13,28-29H,1-3,8-10H2,(H,22,23)(H,24,25,26)/t12?,13-/m1/s1. The molecule has 1 unspecified atom stereocenters. The average Bonchev–Trinajstić information content (AvgIpc) is 3.13. The summed E-state index contributed by atoms with van der Waals surface area (Å²) in [6.07, 6.45) is 5.41. The van der Waals surface area contributed by atoms with Crippen molar-refractivity contribution in [1.29, 1.82) is 0 Å². The third-order valence-corrected chi connectivity index (χ3v) is 5.22. The lowest BCUT2D eigenvalue weighted by Crippen LogP contribution is -2.45. The first-order chi connectivity index (χ1) is 14.0. The number of piperidine rings is 1. The molecule has 0 aliphatic carbocycles. The van der Waals surface area contributed by atoms with Crippen molar-refractivity contribution in [3.63, 3.8) is 0 Å². The van der Waals surface area contributed by atoms with E-state index < -0.39 is 11.9 Å². The number of H-pyrrole nitrogens is 1. The Bertz CT molecular complexity index is 1000. The van der Waals surface area contributed by atoms with E-state index in [2.05, 4.69) is 30.2 Å². The zero-order valence-electron chi connectivity index (χ0n) is 15.6. The van der Waals surface area contributed by atoms with Crippen LogP contribution in [0.15, 0.2) is 24.7 Å². The van der Waals surface area contributed by atoms with Gasteiger partial charge in [0.05, 0.1) is 23.9 Å². The van der Waals surface area contributed by atoms with Crippen LogP contribution in [0.2, 0.25) is 5.02 Å². The molecule has 3 aromatic heterocycles. The Balaban J connectivity index is 1.55. The predicted octanol–water partition coefficient (Wildman–Crippen LogP) is 2.04. The van der Waals surface area contributed by atoms with Crippen LogP contribution in [0, 0.1) is 5.82 Å². The lowest BCUT2D eigenvalue weighted by molar-refractivity contribution is 0.0517. The zero-order chi connectivity index (χ0) is 20.4. The summed E-state index contributed by atoms with van der Waals surface area (Å²) in [6.45, 7) is 1.57. The van der Waals surface area contributed by atoms with Gasteiger partial charge in [0.15, 0.2) is 17.5 Å². The van der Waals surface area contributed by atoms with E-state index in [4.69, 9.17) is 16.7 Å². The van der Waals surface area contributed by atoms with Gasteiger partial charge in [-0.1, -0.05) is 11.6 Å². The summed E-state index contributed by atoms with van der Waals surface area (Å²) in [6, 6.07) is 1.74. The maximum absolute atomic E-state index is 14.4. The smallest absolute Gasteiger partial charge is 0.183 e. The maximum atomic E-state index is 14.4. The van der Waals surface area contributed by atoms with Gasteiger partial charge < -0.3 is 20.5 Å². The van der Waals surface area contributed by atoms with Gasteiger partial charge in [0, 0.05) is 42.5 Å². The number of aliphatic hydroxyl groups excluding tert-OH is 2. The minimum atomic E-state index is -0.779. The molecule has 29 heavy (non-hydrogen) atoms. The van der Waals surface area contributed by atoms with Crippen LogP contribution in [0.1, 0.15) is 12.8 Å². The Morgan fingerprint density at radius 2 is 2.24 bits per heavy atom. The quantitative estimate of drug-likeness (QED) is 0.483. The van der Waals surface area contributed by atoms with Crippen LogP contribution in [0.3, 0.4) is 0 Å². The van der Waals surface area contributed by atoms with E-state index in [0.29, 0.717) is 35.1 Å². The third kappa shape index (κ3) is 4.48. The Hall–Kier alpha value is -2.33. The van der Waals surface area contributed by atoms with Gasteiger partial charge in [-0.05, 0) is 25.5 Å². The minimum absolute atomic E-state index is 0.0222. The number of aromatic nitrogens is 4. The molecule has 4 rings (SSSR count). The molecule has 4 N–H and O–H groups in total. The largest absolute Gasteiger partial charge is 0.394 e. The average molecular weight is 421 g/mol. The number of aromatic amines is 1. The highest BCUT2D eigenvalue weighted by Crippen LogP contribution is 2.28. The van der Waals surface area contributed by atoms with Crippen molar-refractivity contribution in [2.75, 3.05) is 31.6 Å². The second-order valence-corrected chi connectivity index (χ2v) is 7.66. The normalized spacial score (nSPS) is 18.8. The molecule has 10 heteroatoms. The predicted molar refractivity (Wildman–Crippen MR) is 108 cm³/mol. The topological polar surface area (TPSA) is 110 Å². The van der Waals surface area contributed by atoms with Crippen molar-refractivity contribution >= 4 is 28.5 Å². The summed E-state index contributed by atoms with van der Waals surface area (Å²) < 4.78 is 14.4. The van der Waals surface area contributed by atoms with E-state index in [1.807, 2.05) is 0 Å². The summed E-state index contributed by atoms with van der Waals surface area (Å²) in [4.78, 5) is 17.8. The van der Waals surface area contributed by atoms with E-state index in [1.54, 1.807) is 18.5 Å². The molecule has 1 saturated heterocycles. The Morgan fingerprint density at radius 1 is 1.38 bits per heavy atom. The minimum Gasteiger partial charge on any atom is -0.394 e. The number of aliphatic hydroxyl groups is 2. The van der Waals surface area contributed by atoms with E-state index >= 15 is 0 Å². The Kier molecular flexibility index (Phi) is 5.91. The van der Waals surface area contributed by atoms with Gasteiger partial charge in [-0.2, -0.15) is 0 Å². The van der Waals surface area contributed by atoms with Gasteiger partial charge in [0.1, 0.15) is 5.65 Å². The summed E-state index contributed by atoms with van der Waals surface area (Å²) in [5, 5.41) is 23.1. The lowest BCUT2D eigenvalue weighted by Gasteiger charge is -2.34. The number of anilines is 1. The van der Waals surface area contributed by atoms with Crippen molar-refractivity contribution in [1.82, 2.24) is 24.8 Å². The molecule has 3 aromatic rings. The molecule has 154 valence electrons. The molecule has 0 radical (unpaired) electrons. The molecule has 1 aliphatic heterocycles.